The van der Waals surface area contributed by atoms with Crippen LogP contribution in [0.2, 0.25) is 0 Å². The molecule has 0 bridgehead atoms. The number of hydrogen-bond acceptors (Lipinski definition) is 3. The lowest BCUT2D eigenvalue weighted by molar-refractivity contribution is 0.0665. The molecule has 1 saturated carbocycles. The fourth-order valence-electron chi connectivity index (χ4n) is 2.65. The van der Waals surface area contributed by atoms with Gasteiger partial charge in [-0.15, -0.1) is 0 Å². The second-order valence-electron chi connectivity index (χ2n) is 5.49. The summed E-state index contributed by atoms with van der Waals surface area (Å²) in [4.78, 5) is 13.4. The van der Waals surface area contributed by atoms with Crippen LogP contribution in [0.3, 0.4) is 0 Å². The Morgan fingerprint density at radius 1 is 1.40 bits per heavy atom. The molecule has 20 heavy (non-hydrogen) atoms. The van der Waals surface area contributed by atoms with Crippen LogP contribution < -0.4 is 0 Å². The SMILES string of the molecule is CCCN(Cc1ccc2oc(C(=O)O)cc2c1)C1CC1. The van der Waals surface area contributed by atoms with E-state index < -0.39 is 5.97 Å². The Morgan fingerprint density at radius 2 is 2.20 bits per heavy atom. The lowest BCUT2D eigenvalue weighted by Gasteiger charge is -2.21. The Morgan fingerprint density at radius 3 is 2.85 bits per heavy atom. The lowest BCUT2D eigenvalue weighted by Crippen LogP contribution is -2.26. The Kier molecular flexibility index (Phi) is 3.49. The average molecular weight is 273 g/mol. The van der Waals surface area contributed by atoms with Crippen molar-refractivity contribution >= 4 is 16.9 Å². The second kappa shape index (κ2) is 5.29. The molecule has 0 radical (unpaired) electrons. The molecule has 1 N–H and O–H groups in total. The molecule has 0 spiro atoms. The van der Waals surface area contributed by atoms with E-state index in [1.807, 2.05) is 18.2 Å². The van der Waals surface area contributed by atoms with E-state index in [2.05, 4.69) is 11.8 Å². The number of nitrogens with zero attached hydrogens (tertiary/aromatic N) is 1. The lowest BCUT2D eigenvalue weighted by atomic mass is 10.1. The molecule has 2 aromatic rings. The Bertz CT molecular complexity index is 628. The van der Waals surface area contributed by atoms with E-state index in [0.29, 0.717) is 5.58 Å². The summed E-state index contributed by atoms with van der Waals surface area (Å²) in [5.74, 6) is -1.02. The maximum absolute atomic E-state index is 10.9. The predicted octanol–water partition coefficient (Wildman–Crippen LogP) is 3.51. The van der Waals surface area contributed by atoms with E-state index in [1.165, 1.54) is 18.4 Å². The molecule has 0 saturated heterocycles. The minimum absolute atomic E-state index is 0.00440. The number of carboxylic acids is 1. The van der Waals surface area contributed by atoms with Gasteiger partial charge >= 0.3 is 5.97 Å². The predicted molar refractivity (Wildman–Crippen MR) is 76.9 cm³/mol. The third-order valence-corrected chi connectivity index (χ3v) is 3.75. The number of carbonyl (C=O) groups is 1. The number of furan rings is 1. The first-order valence-electron chi connectivity index (χ1n) is 7.17. The fourth-order valence-corrected chi connectivity index (χ4v) is 2.65. The second-order valence-corrected chi connectivity index (χ2v) is 5.49. The third kappa shape index (κ3) is 2.70. The van der Waals surface area contributed by atoms with E-state index in [-0.39, 0.29) is 5.76 Å². The van der Waals surface area contributed by atoms with Gasteiger partial charge in [-0.1, -0.05) is 13.0 Å². The highest BCUT2D eigenvalue weighted by Gasteiger charge is 2.28. The molecule has 3 rings (SSSR count). The third-order valence-electron chi connectivity index (χ3n) is 3.75. The molecule has 4 nitrogen and oxygen atoms in total. The molecule has 1 fully saturated rings. The van der Waals surface area contributed by atoms with Crippen molar-refractivity contribution in [2.45, 2.75) is 38.8 Å². The Labute approximate surface area is 118 Å². The topological polar surface area (TPSA) is 53.7 Å². The van der Waals surface area contributed by atoms with Crippen LogP contribution in [0.1, 0.15) is 42.3 Å². The van der Waals surface area contributed by atoms with Crippen LogP contribution in [-0.4, -0.2) is 28.6 Å². The minimum atomic E-state index is -1.02. The van der Waals surface area contributed by atoms with Crippen molar-refractivity contribution in [3.05, 3.63) is 35.6 Å². The molecule has 1 aromatic carbocycles. The van der Waals surface area contributed by atoms with E-state index in [0.717, 1.165) is 30.9 Å². The minimum Gasteiger partial charge on any atom is -0.475 e. The number of benzene rings is 1. The van der Waals surface area contributed by atoms with Crippen LogP contribution in [-0.2, 0) is 6.54 Å². The summed E-state index contributed by atoms with van der Waals surface area (Å²) in [7, 11) is 0. The molecule has 1 aliphatic rings. The van der Waals surface area contributed by atoms with E-state index in [9.17, 15) is 4.79 Å². The van der Waals surface area contributed by atoms with Crippen LogP contribution >= 0.6 is 0 Å². The van der Waals surface area contributed by atoms with Gasteiger partial charge in [-0.05, 0) is 49.6 Å². The summed E-state index contributed by atoms with van der Waals surface area (Å²) < 4.78 is 5.28. The zero-order chi connectivity index (χ0) is 14.1. The van der Waals surface area contributed by atoms with E-state index in [4.69, 9.17) is 9.52 Å². The maximum Gasteiger partial charge on any atom is 0.371 e. The maximum atomic E-state index is 10.9. The zero-order valence-corrected chi connectivity index (χ0v) is 11.6. The molecule has 0 aliphatic heterocycles. The largest absolute Gasteiger partial charge is 0.475 e. The average Bonchev–Trinajstić information content (AvgIpc) is 3.17. The quantitative estimate of drug-likeness (QED) is 0.875. The summed E-state index contributed by atoms with van der Waals surface area (Å²) in [5.41, 5.74) is 1.86. The number of hydrogen-bond donors (Lipinski definition) is 1. The van der Waals surface area contributed by atoms with Crippen LogP contribution in [0, 0.1) is 0 Å². The van der Waals surface area contributed by atoms with Crippen molar-refractivity contribution in [2.24, 2.45) is 0 Å². The molecule has 1 aromatic heterocycles. The van der Waals surface area contributed by atoms with Gasteiger partial charge in [-0.3, -0.25) is 4.90 Å². The molecular weight excluding hydrogens is 254 g/mol. The first kappa shape index (κ1) is 13.2. The van der Waals surface area contributed by atoms with Gasteiger partial charge in [0.05, 0.1) is 0 Å². The van der Waals surface area contributed by atoms with Crippen LogP contribution in [0.25, 0.3) is 11.0 Å². The van der Waals surface area contributed by atoms with Crippen molar-refractivity contribution in [1.29, 1.82) is 0 Å². The van der Waals surface area contributed by atoms with Gasteiger partial charge in [0.2, 0.25) is 5.76 Å². The molecule has 0 atom stereocenters. The van der Waals surface area contributed by atoms with E-state index in [1.54, 1.807) is 6.07 Å². The highest BCUT2D eigenvalue weighted by molar-refractivity contribution is 5.91. The number of fused-ring (bicyclic) bond motifs is 1. The number of rotatable bonds is 6. The van der Waals surface area contributed by atoms with Crippen molar-refractivity contribution in [1.82, 2.24) is 4.90 Å². The van der Waals surface area contributed by atoms with Crippen molar-refractivity contribution in [3.8, 4) is 0 Å². The van der Waals surface area contributed by atoms with Crippen LogP contribution in [0.4, 0.5) is 0 Å². The number of aromatic carboxylic acids is 1. The summed E-state index contributed by atoms with van der Waals surface area (Å²) in [6.45, 7) is 4.25. The molecular formula is C16H19NO3. The zero-order valence-electron chi connectivity index (χ0n) is 11.6. The van der Waals surface area contributed by atoms with Crippen molar-refractivity contribution < 1.29 is 14.3 Å². The summed E-state index contributed by atoms with van der Waals surface area (Å²) in [5, 5.41) is 9.82. The standard InChI is InChI=1S/C16H19NO3/c1-2-7-17(13-4-5-13)10-11-3-6-14-12(8-11)9-15(20-14)16(18)19/h3,6,8-9,13H,2,4-5,7,10H2,1H3,(H,18,19). The molecule has 0 amide bonds. The van der Waals surface area contributed by atoms with Crippen LogP contribution in [0.15, 0.2) is 28.7 Å². The van der Waals surface area contributed by atoms with E-state index >= 15 is 0 Å². The highest BCUT2D eigenvalue weighted by atomic mass is 16.4. The van der Waals surface area contributed by atoms with Gasteiger partial charge in [0.1, 0.15) is 5.58 Å². The number of carboxylic acid groups (broad SMARTS) is 1. The Hall–Kier alpha value is -1.81. The summed E-state index contributed by atoms with van der Waals surface area (Å²) in [6.07, 6.45) is 3.77. The molecule has 1 aliphatic carbocycles. The highest BCUT2D eigenvalue weighted by Crippen LogP contribution is 2.29. The fraction of sp³-hybridized carbons (Fsp3) is 0.438. The van der Waals surface area contributed by atoms with Gasteiger partial charge in [-0.25, -0.2) is 4.79 Å². The summed E-state index contributed by atoms with van der Waals surface area (Å²) in [6, 6.07) is 8.28. The smallest absolute Gasteiger partial charge is 0.371 e. The molecule has 0 unspecified atom stereocenters. The van der Waals surface area contributed by atoms with Crippen LogP contribution in [0.5, 0.6) is 0 Å². The first-order valence-corrected chi connectivity index (χ1v) is 7.17. The van der Waals surface area contributed by atoms with Gasteiger partial charge in [-0.2, -0.15) is 0 Å². The molecule has 4 heteroatoms. The van der Waals surface area contributed by atoms with Crippen molar-refractivity contribution in [2.75, 3.05) is 6.54 Å². The summed E-state index contributed by atoms with van der Waals surface area (Å²) >= 11 is 0. The van der Waals surface area contributed by atoms with Gasteiger partial charge in [0.25, 0.3) is 0 Å². The van der Waals surface area contributed by atoms with Gasteiger partial charge in [0.15, 0.2) is 0 Å². The first-order chi connectivity index (χ1) is 9.67. The van der Waals surface area contributed by atoms with Gasteiger partial charge < -0.3 is 9.52 Å². The monoisotopic (exact) mass is 273 g/mol. The molecule has 1 heterocycles. The van der Waals surface area contributed by atoms with Gasteiger partial charge in [0, 0.05) is 18.0 Å². The van der Waals surface area contributed by atoms with Crippen molar-refractivity contribution in [3.63, 3.8) is 0 Å². The molecule has 106 valence electrons. The Balaban J connectivity index is 1.82. The normalized spacial score (nSPS) is 15.1.